The van der Waals surface area contributed by atoms with Crippen LogP contribution in [0.4, 0.5) is 0 Å². The molecule has 0 amide bonds. The molecule has 3 heteroatoms. The maximum Gasteiger partial charge on any atom is 0.129 e. The number of hydrogen-bond acceptors (Lipinski definition) is 2. The normalized spacial score (nSPS) is 18.1. The van der Waals surface area contributed by atoms with Crippen molar-refractivity contribution in [2.75, 3.05) is 7.05 Å². The molecule has 0 heterocycles. The first-order chi connectivity index (χ1) is 6.65. The molecule has 14 heavy (non-hydrogen) atoms. The molecule has 1 aliphatic carbocycles. The maximum atomic E-state index is 9.35. The van der Waals surface area contributed by atoms with E-state index in [1.165, 1.54) is 18.4 Å². The second-order valence-electron chi connectivity index (χ2n) is 3.99. The smallest absolute Gasteiger partial charge is 0.129 e. The van der Waals surface area contributed by atoms with Gasteiger partial charge in [0.25, 0.3) is 0 Å². The van der Waals surface area contributed by atoms with Crippen molar-refractivity contribution in [3.63, 3.8) is 0 Å². The van der Waals surface area contributed by atoms with E-state index >= 15 is 0 Å². The van der Waals surface area contributed by atoms with E-state index in [0.29, 0.717) is 11.3 Å². The van der Waals surface area contributed by atoms with Crippen molar-refractivity contribution < 1.29 is 5.11 Å². The third-order valence-electron chi connectivity index (χ3n) is 2.94. The highest BCUT2D eigenvalue weighted by molar-refractivity contribution is 9.10. The lowest BCUT2D eigenvalue weighted by Crippen LogP contribution is -2.29. The highest BCUT2D eigenvalue weighted by Crippen LogP contribution is 2.39. The van der Waals surface area contributed by atoms with E-state index in [2.05, 4.69) is 21.2 Å². The van der Waals surface area contributed by atoms with Gasteiger partial charge in [-0.15, -0.1) is 0 Å². The summed E-state index contributed by atoms with van der Waals surface area (Å²) >= 11 is 3.33. The number of halogens is 1. The van der Waals surface area contributed by atoms with Crippen molar-refractivity contribution in [1.82, 2.24) is 5.32 Å². The lowest BCUT2D eigenvalue weighted by molar-refractivity contribution is 0.471. The van der Waals surface area contributed by atoms with Crippen LogP contribution >= 0.6 is 15.9 Å². The molecule has 0 aliphatic heterocycles. The van der Waals surface area contributed by atoms with E-state index in [9.17, 15) is 5.11 Å². The fourth-order valence-electron chi connectivity index (χ4n) is 1.72. The molecule has 2 N–H and O–H groups in total. The quantitative estimate of drug-likeness (QED) is 0.870. The Bertz CT molecular complexity index is 347. The number of likely N-dealkylation sites (N-methyl/N-ethyl adjacent to an activating group) is 1. The summed E-state index contributed by atoms with van der Waals surface area (Å²) in [5, 5.41) is 12.7. The SMILES string of the molecule is CNC1(Cc2ccc(O)c(Br)c2)CC1. The van der Waals surface area contributed by atoms with Gasteiger partial charge in [-0.1, -0.05) is 6.07 Å². The standard InChI is InChI=1S/C11H14BrNO/c1-13-11(4-5-11)7-8-2-3-10(14)9(12)6-8/h2-3,6,13-14H,4-5,7H2,1H3. The molecule has 76 valence electrons. The van der Waals surface area contributed by atoms with Crippen molar-refractivity contribution in [1.29, 1.82) is 0 Å². The summed E-state index contributed by atoms with van der Waals surface area (Å²) in [7, 11) is 2.02. The Balaban J connectivity index is 2.14. The predicted molar refractivity (Wildman–Crippen MR) is 60.5 cm³/mol. The topological polar surface area (TPSA) is 32.3 Å². The summed E-state index contributed by atoms with van der Waals surface area (Å²) in [6.07, 6.45) is 3.55. The molecule has 0 spiro atoms. The monoisotopic (exact) mass is 255 g/mol. The van der Waals surface area contributed by atoms with Crippen LogP contribution in [0.3, 0.4) is 0 Å². The van der Waals surface area contributed by atoms with Gasteiger partial charge in [0, 0.05) is 5.54 Å². The largest absolute Gasteiger partial charge is 0.507 e. The lowest BCUT2D eigenvalue weighted by Gasteiger charge is -2.14. The molecule has 0 atom stereocenters. The van der Waals surface area contributed by atoms with E-state index in [1.807, 2.05) is 19.2 Å². The molecule has 1 aromatic carbocycles. The van der Waals surface area contributed by atoms with Crippen molar-refractivity contribution in [3.05, 3.63) is 28.2 Å². The van der Waals surface area contributed by atoms with Gasteiger partial charge in [-0.25, -0.2) is 0 Å². The highest BCUT2D eigenvalue weighted by Gasteiger charge is 2.40. The first-order valence-corrected chi connectivity index (χ1v) is 5.61. The third kappa shape index (κ3) is 1.93. The predicted octanol–water partition coefficient (Wildman–Crippen LogP) is 2.45. The van der Waals surface area contributed by atoms with Crippen LogP contribution in [0.25, 0.3) is 0 Å². The molecule has 1 saturated carbocycles. The second kappa shape index (κ2) is 3.55. The summed E-state index contributed by atoms with van der Waals surface area (Å²) in [4.78, 5) is 0. The van der Waals surface area contributed by atoms with Gasteiger partial charge < -0.3 is 10.4 Å². The zero-order chi connectivity index (χ0) is 10.2. The van der Waals surface area contributed by atoms with Crippen LogP contribution in [-0.2, 0) is 6.42 Å². The van der Waals surface area contributed by atoms with E-state index < -0.39 is 0 Å². The van der Waals surface area contributed by atoms with Gasteiger partial charge in [-0.05, 0) is 59.9 Å². The number of nitrogens with one attached hydrogen (secondary N) is 1. The van der Waals surface area contributed by atoms with Crippen LogP contribution < -0.4 is 5.32 Å². The van der Waals surface area contributed by atoms with Crippen molar-refractivity contribution in [3.8, 4) is 5.75 Å². The Hall–Kier alpha value is -0.540. The van der Waals surface area contributed by atoms with E-state index in [4.69, 9.17) is 0 Å². The fraction of sp³-hybridized carbons (Fsp3) is 0.455. The summed E-state index contributed by atoms with van der Waals surface area (Å²) in [6, 6.07) is 5.72. The molecule has 0 bridgehead atoms. The van der Waals surface area contributed by atoms with E-state index in [0.717, 1.165) is 10.9 Å². The Morgan fingerprint density at radius 2 is 2.21 bits per heavy atom. The maximum absolute atomic E-state index is 9.35. The summed E-state index contributed by atoms with van der Waals surface area (Å²) < 4.78 is 0.780. The Kier molecular flexibility index (Phi) is 2.54. The van der Waals surface area contributed by atoms with E-state index in [1.54, 1.807) is 6.07 Å². The summed E-state index contributed by atoms with van der Waals surface area (Å²) in [5.41, 5.74) is 1.60. The molecule has 0 saturated heterocycles. The molecule has 1 aliphatic rings. The molecular formula is C11H14BrNO. The first-order valence-electron chi connectivity index (χ1n) is 4.81. The van der Waals surface area contributed by atoms with Gasteiger partial charge >= 0.3 is 0 Å². The first kappa shape index (κ1) is 9.99. The third-order valence-corrected chi connectivity index (χ3v) is 3.57. The zero-order valence-corrected chi connectivity index (χ0v) is 9.76. The van der Waals surface area contributed by atoms with Gasteiger partial charge in [-0.3, -0.25) is 0 Å². The minimum Gasteiger partial charge on any atom is -0.507 e. The van der Waals surface area contributed by atoms with Crippen LogP contribution in [0, 0.1) is 0 Å². The minimum absolute atomic E-state index is 0.308. The fourth-order valence-corrected chi connectivity index (χ4v) is 2.14. The molecule has 0 aromatic heterocycles. The summed E-state index contributed by atoms with van der Waals surface area (Å²) in [6.45, 7) is 0. The van der Waals surface area contributed by atoms with Crippen molar-refractivity contribution in [2.24, 2.45) is 0 Å². The Morgan fingerprint density at radius 3 is 2.71 bits per heavy atom. The molecule has 1 aromatic rings. The molecule has 2 nitrogen and oxygen atoms in total. The number of rotatable bonds is 3. The van der Waals surface area contributed by atoms with Gasteiger partial charge in [0.1, 0.15) is 5.75 Å². The second-order valence-corrected chi connectivity index (χ2v) is 4.85. The number of benzene rings is 1. The minimum atomic E-state index is 0.308. The number of phenolic OH excluding ortho intramolecular Hbond substituents is 1. The average molecular weight is 256 g/mol. The molecular weight excluding hydrogens is 242 g/mol. The zero-order valence-electron chi connectivity index (χ0n) is 8.18. The van der Waals surface area contributed by atoms with E-state index in [-0.39, 0.29) is 0 Å². The van der Waals surface area contributed by atoms with Crippen molar-refractivity contribution >= 4 is 15.9 Å². The van der Waals surface area contributed by atoms with Gasteiger partial charge in [-0.2, -0.15) is 0 Å². The molecule has 2 rings (SSSR count). The van der Waals surface area contributed by atoms with Gasteiger partial charge in [0.2, 0.25) is 0 Å². The number of phenols is 1. The Labute approximate surface area is 92.5 Å². The molecule has 0 radical (unpaired) electrons. The molecule has 0 unspecified atom stereocenters. The number of aromatic hydroxyl groups is 1. The van der Waals surface area contributed by atoms with Crippen LogP contribution in [0.1, 0.15) is 18.4 Å². The van der Waals surface area contributed by atoms with Crippen LogP contribution in [0.2, 0.25) is 0 Å². The molecule has 1 fully saturated rings. The lowest BCUT2D eigenvalue weighted by atomic mass is 10.0. The van der Waals surface area contributed by atoms with Gasteiger partial charge in [0.05, 0.1) is 4.47 Å². The average Bonchev–Trinajstić information content (AvgIpc) is 2.93. The van der Waals surface area contributed by atoms with Crippen molar-refractivity contribution in [2.45, 2.75) is 24.8 Å². The van der Waals surface area contributed by atoms with Crippen LogP contribution in [0.5, 0.6) is 5.75 Å². The highest BCUT2D eigenvalue weighted by atomic mass is 79.9. The number of hydrogen-bond donors (Lipinski definition) is 2. The van der Waals surface area contributed by atoms with Crippen LogP contribution in [-0.4, -0.2) is 17.7 Å². The Morgan fingerprint density at radius 1 is 1.50 bits per heavy atom. The summed E-state index contributed by atoms with van der Waals surface area (Å²) in [5.74, 6) is 0.308. The van der Waals surface area contributed by atoms with Crippen LogP contribution in [0.15, 0.2) is 22.7 Å². The van der Waals surface area contributed by atoms with Gasteiger partial charge in [0.15, 0.2) is 0 Å².